The number of hydrogen-bond donors (Lipinski definition) is 2. The van der Waals surface area contributed by atoms with E-state index in [0.29, 0.717) is 28.6 Å². The monoisotopic (exact) mass is 499 g/mol. The van der Waals surface area contributed by atoms with Crippen LogP contribution < -0.4 is 29.1 Å². The van der Waals surface area contributed by atoms with Crippen LogP contribution in [0.5, 0.6) is 23.0 Å². The summed E-state index contributed by atoms with van der Waals surface area (Å²) in [5.41, 5.74) is 3.29. The van der Waals surface area contributed by atoms with Crippen molar-refractivity contribution in [2.24, 2.45) is 5.10 Å². The van der Waals surface area contributed by atoms with Crippen molar-refractivity contribution in [3.05, 3.63) is 71.8 Å². The standard InChI is InChI=1S/C24H25N3O7S/c1-31-20-11-6-5-10-19(20)27-35(29,30)18-9-7-8-16(12-18)24(28)26-25-15-17-13-22(33-3)23(34-4)14-21(17)32-2/h5-15,27H,1-4H3,(H,26,28)/b25-15+. The van der Waals surface area contributed by atoms with E-state index >= 15 is 0 Å². The molecule has 10 nitrogen and oxygen atoms in total. The van der Waals surface area contributed by atoms with Crippen LogP contribution >= 0.6 is 0 Å². The van der Waals surface area contributed by atoms with Gasteiger partial charge in [-0.05, 0) is 36.4 Å². The van der Waals surface area contributed by atoms with Crippen molar-refractivity contribution < 1.29 is 32.2 Å². The number of hydrogen-bond acceptors (Lipinski definition) is 8. The highest BCUT2D eigenvalue weighted by Crippen LogP contribution is 2.33. The van der Waals surface area contributed by atoms with Gasteiger partial charge in [-0.3, -0.25) is 9.52 Å². The second-order valence-electron chi connectivity index (χ2n) is 6.98. The van der Waals surface area contributed by atoms with Crippen LogP contribution in [0.2, 0.25) is 0 Å². The molecule has 35 heavy (non-hydrogen) atoms. The lowest BCUT2D eigenvalue weighted by Gasteiger charge is -2.12. The van der Waals surface area contributed by atoms with Crippen molar-refractivity contribution in [3.8, 4) is 23.0 Å². The normalized spacial score (nSPS) is 11.1. The van der Waals surface area contributed by atoms with Crippen molar-refractivity contribution in [2.75, 3.05) is 33.2 Å². The number of carbonyl (C=O) groups excluding carboxylic acids is 1. The van der Waals surface area contributed by atoms with Crippen LogP contribution in [0.15, 0.2) is 70.7 Å². The minimum Gasteiger partial charge on any atom is -0.496 e. The Balaban J connectivity index is 1.78. The van der Waals surface area contributed by atoms with Gasteiger partial charge < -0.3 is 18.9 Å². The molecule has 0 fully saturated rings. The van der Waals surface area contributed by atoms with Gasteiger partial charge >= 0.3 is 0 Å². The summed E-state index contributed by atoms with van der Waals surface area (Å²) >= 11 is 0. The number of sulfonamides is 1. The van der Waals surface area contributed by atoms with Gasteiger partial charge in [0.15, 0.2) is 11.5 Å². The van der Waals surface area contributed by atoms with E-state index in [9.17, 15) is 13.2 Å². The molecule has 0 heterocycles. The van der Waals surface area contributed by atoms with E-state index in [-0.39, 0.29) is 16.1 Å². The number of rotatable bonds is 10. The lowest BCUT2D eigenvalue weighted by molar-refractivity contribution is 0.0955. The first-order chi connectivity index (χ1) is 16.8. The SMILES string of the molecule is COc1cc(OC)c(OC)cc1/C=N/NC(=O)c1cccc(S(=O)(=O)Nc2ccccc2OC)c1. The molecule has 0 aliphatic carbocycles. The quantitative estimate of drug-likeness (QED) is 0.324. The van der Waals surface area contributed by atoms with Gasteiger partial charge in [-0.15, -0.1) is 0 Å². The predicted octanol–water partition coefficient (Wildman–Crippen LogP) is 3.29. The largest absolute Gasteiger partial charge is 0.496 e. The maximum absolute atomic E-state index is 12.9. The van der Waals surface area contributed by atoms with Gasteiger partial charge in [0.05, 0.1) is 45.2 Å². The Bertz CT molecular complexity index is 1340. The zero-order valence-corrected chi connectivity index (χ0v) is 20.4. The average molecular weight is 500 g/mol. The number of ether oxygens (including phenoxy) is 4. The Morgan fingerprint density at radius 2 is 1.46 bits per heavy atom. The number of nitrogens with zero attached hydrogens (tertiary/aromatic N) is 1. The molecule has 0 saturated carbocycles. The Morgan fingerprint density at radius 3 is 2.14 bits per heavy atom. The number of para-hydroxylation sites is 2. The number of carbonyl (C=O) groups is 1. The number of anilines is 1. The molecule has 3 rings (SSSR count). The molecule has 0 aliphatic heterocycles. The summed E-state index contributed by atoms with van der Waals surface area (Å²) in [6.45, 7) is 0. The van der Waals surface area contributed by atoms with Crippen LogP contribution in [0.25, 0.3) is 0 Å². The zero-order valence-electron chi connectivity index (χ0n) is 19.6. The summed E-state index contributed by atoms with van der Waals surface area (Å²) in [7, 11) is 1.95. The number of nitrogens with one attached hydrogen (secondary N) is 2. The number of amides is 1. The molecule has 0 saturated heterocycles. The van der Waals surface area contributed by atoms with E-state index in [1.54, 1.807) is 36.4 Å². The number of hydrazone groups is 1. The van der Waals surface area contributed by atoms with Crippen LogP contribution in [0, 0.1) is 0 Å². The Hall–Kier alpha value is -4.25. The summed E-state index contributed by atoms with van der Waals surface area (Å²) < 4.78 is 49.2. The summed E-state index contributed by atoms with van der Waals surface area (Å²) in [4.78, 5) is 12.5. The van der Waals surface area contributed by atoms with Gasteiger partial charge in [0, 0.05) is 17.2 Å². The van der Waals surface area contributed by atoms with Gasteiger partial charge in [-0.1, -0.05) is 18.2 Å². The number of methoxy groups -OCH3 is 4. The van der Waals surface area contributed by atoms with Crippen molar-refractivity contribution in [1.82, 2.24) is 5.43 Å². The zero-order chi connectivity index (χ0) is 25.4. The Labute approximate surface area is 203 Å². The Morgan fingerprint density at radius 1 is 0.800 bits per heavy atom. The molecule has 0 bridgehead atoms. The van der Waals surface area contributed by atoms with E-state index in [1.807, 2.05) is 0 Å². The highest BCUT2D eigenvalue weighted by molar-refractivity contribution is 7.92. The minimum absolute atomic E-state index is 0.0957. The smallest absolute Gasteiger partial charge is 0.271 e. The highest BCUT2D eigenvalue weighted by Gasteiger charge is 2.18. The first-order valence-corrected chi connectivity index (χ1v) is 11.7. The third kappa shape index (κ3) is 6.01. The second kappa shape index (κ2) is 11.3. The molecule has 0 unspecified atom stereocenters. The fourth-order valence-corrected chi connectivity index (χ4v) is 4.23. The van der Waals surface area contributed by atoms with Crippen molar-refractivity contribution in [2.45, 2.75) is 4.90 Å². The molecule has 0 radical (unpaired) electrons. The maximum atomic E-state index is 12.9. The average Bonchev–Trinajstić information content (AvgIpc) is 2.88. The molecule has 0 aromatic heterocycles. The third-order valence-electron chi connectivity index (χ3n) is 4.86. The van der Waals surface area contributed by atoms with Gasteiger partial charge in [0.2, 0.25) is 0 Å². The lowest BCUT2D eigenvalue weighted by Crippen LogP contribution is -2.19. The molecule has 2 N–H and O–H groups in total. The van der Waals surface area contributed by atoms with Crippen molar-refractivity contribution in [3.63, 3.8) is 0 Å². The fraction of sp³-hybridized carbons (Fsp3) is 0.167. The third-order valence-corrected chi connectivity index (χ3v) is 6.23. The molecule has 0 spiro atoms. The molecular formula is C24H25N3O7S. The van der Waals surface area contributed by atoms with E-state index in [0.717, 1.165) is 0 Å². The summed E-state index contributed by atoms with van der Waals surface area (Å²) in [5.74, 6) is 1.16. The van der Waals surface area contributed by atoms with Crippen LogP contribution in [0.1, 0.15) is 15.9 Å². The highest BCUT2D eigenvalue weighted by atomic mass is 32.2. The van der Waals surface area contributed by atoms with Gasteiger partial charge in [0.1, 0.15) is 11.5 Å². The molecule has 184 valence electrons. The molecule has 11 heteroatoms. The summed E-state index contributed by atoms with van der Waals surface area (Å²) in [5, 5.41) is 3.96. The Kier molecular flexibility index (Phi) is 8.16. The molecule has 3 aromatic rings. The van der Waals surface area contributed by atoms with Crippen LogP contribution in [0.4, 0.5) is 5.69 Å². The van der Waals surface area contributed by atoms with E-state index in [1.165, 1.54) is 58.9 Å². The van der Waals surface area contributed by atoms with Crippen molar-refractivity contribution >= 4 is 27.8 Å². The predicted molar refractivity (Wildman–Crippen MR) is 131 cm³/mol. The first kappa shape index (κ1) is 25.4. The molecular weight excluding hydrogens is 474 g/mol. The molecule has 0 atom stereocenters. The molecule has 1 amide bonds. The van der Waals surface area contributed by atoms with Gasteiger partial charge in [0.25, 0.3) is 15.9 Å². The second-order valence-corrected chi connectivity index (χ2v) is 8.66. The summed E-state index contributed by atoms with van der Waals surface area (Å²) in [6, 6.07) is 15.4. The van der Waals surface area contributed by atoms with Gasteiger partial charge in [-0.25, -0.2) is 13.8 Å². The van der Waals surface area contributed by atoms with E-state index in [2.05, 4.69) is 15.2 Å². The topological polar surface area (TPSA) is 125 Å². The van der Waals surface area contributed by atoms with E-state index in [4.69, 9.17) is 18.9 Å². The van der Waals surface area contributed by atoms with Crippen LogP contribution in [0.3, 0.4) is 0 Å². The van der Waals surface area contributed by atoms with Crippen molar-refractivity contribution in [1.29, 1.82) is 0 Å². The van der Waals surface area contributed by atoms with E-state index < -0.39 is 15.9 Å². The maximum Gasteiger partial charge on any atom is 0.271 e. The van der Waals surface area contributed by atoms with Crippen LogP contribution in [-0.2, 0) is 10.0 Å². The van der Waals surface area contributed by atoms with Crippen LogP contribution in [-0.4, -0.2) is 49.0 Å². The molecule has 0 aliphatic rings. The summed E-state index contributed by atoms with van der Waals surface area (Å²) in [6.07, 6.45) is 1.38. The first-order valence-electron chi connectivity index (χ1n) is 10.2. The number of benzene rings is 3. The molecule has 3 aromatic carbocycles. The minimum atomic E-state index is -3.98. The lowest BCUT2D eigenvalue weighted by atomic mass is 10.2. The van der Waals surface area contributed by atoms with Gasteiger partial charge in [-0.2, -0.15) is 5.10 Å². The fourth-order valence-electron chi connectivity index (χ4n) is 3.12.